The molecule has 1 atom stereocenters. The molecule has 0 aliphatic rings. The largest absolute Gasteiger partial charge is 0.332 e. The van der Waals surface area contributed by atoms with Crippen LogP contribution in [0.3, 0.4) is 0 Å². The average molecular weight is 338 g/mol. The van der Waals surface area contributed by atoms with E-state index in [1.807, 2.05) is 30.3 Å². The minimum Gasteiger partial charge on any atom is -0.332 e. The van der Waals surface area contributed by atoms with E-state index in [4.69, 9.17) is 11.6 Å². The highest BCUT2D eigenvalue weighted by molar-refractivity contribution is 6.29. The standard InChI is InChI=1S/C17H12ClN5O/c18-16-8-12(6-7-20-16)17(24)22-15(9-19)13-10-21-23(11-13)14-4-2-1-3-5-14/h1-8,10-11,15H,(H,22,24)/t15-/m0/s1. The Balaban J connectivity index is 1.79. The van der Waals surface area contributed by atoms with Gasteiger partial charge in [-0.2, -0.15) is 10.4 Å². The Bertz CT molecular complexity index is 901. The van der Waals surface area contributed by atoms with Gasteiger partial charge in [-0.1, -0.05) is 29.8 Å². The van der Waals surface area contributed by atoms with Gasteiger partial charge in [-0.3, -0.25) is 4.79 Å². The van der Waals surface area contributed by atoms with Crippen molar-refractivity contribution in [2.24, 2.45) is 0 Å². The Labute approximate surface area is 143 Å². The molecule has 0 aliphatic heterocycles. The zero-order chi connectivity index (χ0) is 16.9. The van der Waals surface area contributed by atoms with Crippen LogP contribution in [0.1, 0.15) is 22.0 Å². The van der Waals surface area contributed by atoms with Crippen molar-refractivity contribution >= 4 is 17.5 Å². The summed E-state index contributed by atoms with van der Waals surface area (Å²) in [5, 5.41) is 16.5. The summed E-state index contributed by atoms with van der Waals surface area (Å²) in [6, 6.07) is 13.7. The van der Waals surface area contributed by atoms with Crippen LogP contribution in [-0.4, -0.2) is 20.7 Å². The van der Waals surface area contributed by atoms with Crippen molar-refractivity contribution in [3.05, 3.63) is 77.3 Å². The lowest BCUT2D eigenvalue weighted by Crippen LogP contribution is -2.27. The van der Waals surface area contributed by atoms with E-state index < -0.39 is 11.9 Å². The molecule has 0 unspecified atom stereocenters. The number of carbonyl (C=O) groups is 1. The van der Waals surface area contributed by atoms with Gasteiger partial charge >= 0.3 is 0 Å². The van der Waals surface area contributed by atoms with E-state index in [0.717, 1.165) is 5.69 Å². The van der Waals surface area contributed by atoms with Gasteiger partial charge < -0.3 is 5.32 Å². The van der Waals surface area contributed by atoms with Gasteiger partial charge in [0.1, 0.15) is 11.2 Å². The fourth-order valence-electron chi connectivity index (χ4n) is 2.16. The van der Waals surface area contributed by atoms with Crippen LogP contribution >= 0.6 is 11.6 Å². The maximum atomic E-state index is 12.2. The van der Waals surface area contributed by atoms with Crippen LogP contribution in [0.25, 0.3) is 5.69 Å². The lowest BCUT2D eigenvalue weighted by molar-refractivity contribution is 0.0945. The molecule has 0 spiro atoms. The summed E-state index contributed by atoms with van der Waals surface area (Å²) < 4.78 is 1.65. The highest BCUT2D eigenvalue weighted by atomic mass is 35.5. The number of para-hydroxylation sites is 1. The Kier molecular flexibility index (Phi) is 4.54. The molecule has 24 heavy (non-hydrogen) atoms. The SMILES string of the molecule is N#C[C@H](NC(=O)c1ccnc(Cl)c1)c1cnn(-c2ccccc2)c1. The van der Waals surface area contributed by atoms with E-state index in [1.54, 1.807) is 17.1 Å². The summed E-state index contributed by atoms with van der Waals surface area (Å²) in [4.78, 5) is 16.1. The van der Waals surface area contributed by atoms with E-state index in [9.17, 15) is 10.1 Å². The number of aromatic nitrogens is 3. The number of nitrogens with zero attached hydrogens (tertiary/aromatic N) is 4. The van der Waals surface area contributed by atoms with Gasteiger partial charge in [-0.25, -0.2) is 9.67 Å². The van der Waals surface area contributed by atoms with Crippen molar-refractivity contribution in [1.29, 1.82) is 5.26 Å². The van der Waals surface area contributed by atoms with E-state index in [2.05, 4.69) is 21.5 Å². The molecule has 6 nitrogen and oxygen atoms in total. The smallest absolute Gasteiger partial charge is 0.252 e. The van der Waals surface area contributed by atoms with Gasteiger partial charge in [0.2, 0.25) is 0 Å². The van der Waals surface area contributed by atoms with E-state index in [1.165, 1.54) is 18.3 Å². The Morgan fingerprint density at radius 1 is 1.29 bits per heavy atom. The van der Waals surface area contributed by atoms with Crippen molar-refractivity contribution < 1.29 is 4.79 Å². The molecule has 2 heterocycles. The quantitative estimate of drug-likeness (QED) is 0.742. The number of hydrogen-bond donors (Lipinski definition) is 1. The molecule has 2 aromatic heterocycles. The molecule has 118 valence electrons. The molecule has 0 bridgehead atoms. The zero-order valence-corrected chi connectivity index (χ0v) is 13.2. The predicted molar refractivity (Wildman–Crippen MR) is 88.6 cm³/mol. The van der Waals surface area contributed by atoms with E-state index in [0.29, 0.717) is 11.1 Å². The number of halogens is 1. The summed E-state index contributed by atoms with van der Waals surface area (Å²) in [5.41, 5.74) is 1.80. The molecular formula is C17H12ClN5O. The number of nitriles is 1. The van der Waals surface area contributed by atoms with Crippen LogP contribution in [0.15, 0.2) is 61.1 Å². The molecular weight excluding hydrogens is 326 g/mol. The minimum absolute atomic E-state index is 0.216. The summed E-state index contributed by atoms with van der Waals surface area (Å²) in [5.74, 6) is -0.404. The molecule has 1 amide bonds. The van der Waals surface area contributed by atoms with Crippen molar-refractivity contribution in [1.82, 2.24) is 20.1 Å². The van der Waals surface area contributed by atoms with Crippen LogP contribution in [0.4, 0.5) is 0 Å². The predicted octanol–water partition coefficient (Wildman–Crippen LogP) is 2.92. The third-order valence-corrected chi connectivity index (χ3v) is 3.56. The molecule has 1 N–H and O–H groups in total. The molecule has 7 heteroatoms. The number of hydrogen-bond acceptors (Lipinski definition) is 4. The molecule has 3 rings (SSSR count). The lowest BCUT2D eigenvalue weighted by atomic mass is 10.1. The van der Waals surface area contributed by atoms with Crippen molar-refractivity contribution in [2.75, 3.05) is 0 Å². The second-order valence-electron chi connectivity index (χ2n) is 4.96. The van der Waals surface area contributed by atoms with Crippen molar-refractivity contribution in [3.63, 3.8) is 0 Å². The monoisotopic (exact) mass is 337 g/mol. The highest BCUT2D eigenvalue weighted by Crippen LogP contribution is 2.15. The van der Waals surface area contributed by atoms with Crippen LogP contribution in [0.5, 0.6) is 0 Å². The second-order valence-corrected chi connectivity index (χ2v) is 5.34. The fourth-order valence-corrected chi connectivity index (χ4v) is 2.33. The van der Waals surface area contributed by atoms with E-state index in [-0.39, 0.29) is 5.15 Å². The Hall–Kier alpha value is -3.17. The van der Waals surface area contributed by atoms with Gasteiger partial charge in [-0.15, -0.1) is 0 Å². The van der Waals surface area contributed by atoms with E-state index >= 15 is 0 Å². The maximum absolute atomic E-state index is 12.2. The second kappa shape index (κ2) is 6.94. The number of benzene rings is 1. The van der Waals surface area contributed by atoms with Gasteiger partial charge in [-0.05, 0) is 24.3 Å². The summed E-state index contributed by atoms with van der Waals surface area (Å²) >= 11 is 5.78. The number of amides is 1. The van der Waals surface area contributed by atoms with Crippen LogP contribution in [0, 0.1) is 11.3 Å². The van der Waals surface area contributed by atoms with Crippen molar-refractivity contribution in [3.8, 4) is 11.8 Å². The fraction of sp³-hybridized carbons (Fsp3) is 0.0588. The summed E-state index contributed by atoms with van der Waals surface area (Å²) in [6.45, 7) is 0. The van der Waals surface area contributed by atoms with Gasteiger partial charge in [0.25, 0.3) is 5.91 Å². The van der Waals surface area contributed by atoms with Crippen LogP contribution < -0.4 is 5.32 Å². The number of carbonyl (C=O) groups excluding carboxylic acids is 1. The topological polar surface area (TPSA) is 83.6 Å². The third kappa shape index (κ3) is 3.42. The first-order chi connectivity index (χ1) is 11.7. The number of rotatable bonds is 4. The zero-order valence-electron chi connectivity index (χ0n) is 12.4. The first kappa shape index (κ1) is 15.7. The summed E-state index contributed by atoms with van der Waals surface area (Å²) in [6.07, 6.45) is 4.70. The van der Waals surface area contributed by atoms with Crippen molar-refractivity contribution in [2.45, 2.75) is 6.04 Å². The van der Waals surface area contributed by atoms with Gasteiger partial charge in [0.15, 0.2) is 0 Å². The number of nitrogens with one attached hydrogen (secondary N) is 1. The average Bonchev–Trinajstić information content (AvgIpc) is 3.10. The molecule has 3 aromatic rings. The molecule has 1 aromatic carbocycles. The molecule has 0 fully saturated rings. The molecule has 0 saturated carbocycles. The number of pyridine rings is 1. The first-order valence-corrected chi connectivity index (χ1v) is 7.47. The molecule has 0 aliphatic carbocycles. The first-order valence-electron chi connectivity index (χ1n) is 7.09. The third-order valence-electron chi connectivity index (χ3n) is 3.35. The Morgan fingerprint density at radius 3 is 2.79 bits per heavy atom. The normalized spacial score (nSPS) is 11.5. The molecule has 0 saturated heterocycles. The summed E-state index contributed by atoms with van der Waals surface area (Å²) in [7, 11) is 0. The van der Waals surface area contributed by atoms with Crippen LogP contribution in [0.2, 0.25) is 5.15 Å². The minimum atomic E-state index is -0.818. The lowest BCUT2D eigenvalue weighted by Gasteiger charge is -2.09. The molecule has 0 radical (unpaired) electrons. The van der Waals surface area contributed by atoms with Crippen LogP contribution in [-0.2, 0) is 0 Å². The highest BCUT2D eigenvalue weighted by Gasteiger charge is 2.17. The Morgan fingerprint density at radius 2 is 2.08 bits per heavy atom. The maximum Gasteiger partial charge on any atom is 0.252 e. The van der Waals surface area contributed by atoms with Gasteiger partial charge in [0, 0.05) is 23.5 Å². The van der Waals surface area contributed by atoms with Gasteiger partial charge in [0.05, 0.1) is 18.0 Å².